The number of nitrogens with zero attached hydrogens (tertiary/aromatic N) is 4. The van der Waals surface area contributed by atoms with Gasteiger partial charge in [0.2, 0.25) is 5.10 Å². The molecule has 1 N–H and O–H groups in total. The Morgan fingerprint density at radius 3 is 2.45 bits per heavy atom. The van der Waals surface area contributed by atoms with Gasteiger partial charge in [-0.1, -0.05) is 26.0 Å². The third kappa shape index (κ3) is 2.88. The molecule has 1 aromatic heterocycles. The van der Waals surface area contributed by atoms with Gasteiger partial charge in [0.15, 0.2) is 5.52 Å². The quantitative estimate of drug-likeness (QED) is 0.605. The van der Waals surface area contributed by atoms with E-state index in [1.165, 1.54) is 0 Å². The lowest BCUT2D eigenvalue weighted by atomic mass is 10.3. The van der Waals surface area contributed by atoms with E-state index in [2.05, 4.69) is 29.2 Å². The summed E-state index contributed by atoms with van der Waals surface area (Å²) < 4.78 is 0.659. The lowest BCUT2D eigenvalue weighted by molar-refractivity contribution is -0.672. The summed E-state index contributed by atoms with van der Waals surface area (Å²) in [6.45, 7) is 7.41. The normalized spacial score (nSPS) is 11.2. The van der Waals surface area contributed by atoms with Crippen molar-refractivity contribution in [1.29, 1.82) is 0 Å². The van der Waals surface area contributed by atoms with Gasteiger partial charge in [0, 0.05) is 17.5 Å². The van der Waals surface area contributed by atoms with E-state index in [9.17, 15) is 10.4 Å². The maximum atomic E-state index is 12.1. The van der Waals surface area contributed by atoms with Gasteiger partial charge in [-0.15, -0.1) is 0 Å². The van der Waals surface area contributed by atoms with Gasteiger partial charge in [-0.05, 0) is 19.2 Å². The zero-order chi connectivity index (χ0) is 14.5. The molecular weight excluding hydrogens is 258 g/mol. The summed E-state index contributed by atoms with van der Waals surface area (Å²) in [7, 11) is 0. The Labute approximate surface area is 117 Å². The Hall–Kier alpha value is -2.15. The Morgan fingerprint density at radius 2 is 1.80 bits per heavy atom. The molecule has 0 bridgehead atoms. The summed E-state index contributed by atoms with van der Waals surface area (Å²) >= 11 is 0. The number of hydrogen-bond donors (Lipinski definition) is 1. The second-order valence-electron chi connectivity index (χ2n) is 4.43. The third-order valence-electron chi connectivity index (χ3n) is 3.29. The molecule has 7 nitrogen and oxygen atoms in total. The van der Waals surface area contributed by atoms with E-state index in [1.807, 2.05) is 0 Å². The summed E-state index contributed by atoms with van der Waals surface area (Å²) in [4.78, 5) is 2.69. The maximum absolute atomic E-state index is 12.1. The minimum absolute atomic E-state index is 0.0332. The molecule has 0 atom stereocenters. The van der Waals surface area contributed by atoms with Crippen LogP contribution in [0.3, 0.4) is 0 Å². The molecule has 0 aliphatic heterocycles. The fourth-order valence-electron chi connectivity index (χ4n) is 2.07. The van der Waals surface area contributed by atoms with E-state index in [0.29, 0.717) is 21.6 Å². The Balaban J connectivity index is 2.16. The van der Waals surface area contributed by atoms with Crippen molar-refractivity contribution in [2.45, 2.75) is 13.8 Å². The largest absolute Gasteiger partial charge is 0.739 e. The molecule has 20 heavy (non-hydrogen) atoms. The smallest absolute Gasteiger partial charge is 0.461 e. The predicted octanol–water partition coefficient (Wildman–Crippen LogP) is 0.255. The van der Waals surface area contributed by atoms with Gasteiger partial charge in [-0.25, -0.2) is 4.73 Å². The van der Waals surface area contributed by atoms with Gasteiger partial charge in [0.25, 0.3) is 5.52 Å². The third-order valence-corrected chi connectivity index (χ3v) is 3.29. The van der Waals surface area contributed by atoms with Gasteiger partial charge >= 0.3 is 5.95 Å². The number of hydrogen-bond acceptors (Lipinski definition) is 5. The van der Waals surface area contributed by atoms with Crippen molar-refractivity contribution in [3.8, 4) is 0 Å². The summed E-state index contributed by atoms with van der Waals surface area (Å²) in [6, 6.07) is 6.60. The maximum Gasteiger partial charge on any atom is 0.461 e. The Kier molecular flexibility index (Phi) is 4.52. The van der Waals surface area contributed by atoms with E-state index >= 15 is 0 Å². The van der Waals surface area contributed by atoms with Crippen LogP contribution in [0.2, 0.25) is 0 Å². The molecule has 1 heterocycles. The van der Waals surface area contributed by atoms with Crippen molar-refractivity contribution in [3.05, 3.63) is 34.7 Å². The van der Waals surface area contributed by atoms with Crippen LogP contribution < -0.4 is 14.9 Å². The molecule has 7 heteroatoms. The first-order valence-corrected chi connectivity index (χ1v) is 6.75. The molecule has 0 aliphatic carbocycles. The number of nitrogens with one attached hydrogen (secondary N) is 1. The zero-order valence-corrected chi connectivity index (χ0v) is 11.7. The Bertz CT molecular complexity index is 586. The fraction of sp³-hybridized carbons (Fsp3) is 0.462. The minimum Gasteiger partial charge on any atom is -0.739 e. The Morgan fingerprint density at radius 1 is 1.15 bits per heavy atom. The van der Waals surface area contributed by atoms with E-state index in [0.717, 1.165) is 19.6 Å². The number of fused-ring (bicyclic) bond motifs is 1. The highest BCUT2D eigenvalue weighted by Gasteiger charge is 2.19. The first kappa shape index (κ1) is 14.3. The zero-order valence-electron chi connectivity index (χ0n) is 11.7. The summed E-state index contributed by atoms with van der Waals surface area (Å²) in [5.74, 6) is 0.0332. The van der Waals surface area contributed by atoms with Crippen LogP contribution in [0.1, 0.15) is 13.8 Å². The van der Waals surface area contributed by atoms with Crippen LogP contribution in [0.4, 0.5) is 5.95 Å². The molecule has 0 saturated carbocycles. The predicted molar refractivity (Wildman–Crippen MR) is 75.9 cm³/mol. The molecule has 0 saturated heterocycles. The molecule has 1 aromatic carbocycles. The van der Waals surface area contributed by atoms with Crippen LogP contribution in [0.5, 0.6) is 0 Å². The summed E-state index contributed by atoms with van der Waals surface area (Å²) in [5, 5.41) is 30.5. The number of benzene rings is 1. The number of aromatic nitrogens is 3. The topological polar surface area (TPSA) is 82.0 Å². The van der Waals surface area contributed by atoms with E-state index in [-0.39, 0.29) is 11.5 Å². The highest BCUT2D eigenvalue weighted by Crippen LogP contribution is 2.05. The average molecular weight is 277 g/mol. The molecule has 0 spiro atoms. The minimum atomic E-state index is 0.0332. The van der Waals surface area contributed by atoms with Gasteiger partial charge in [0.05, 0.1) is 6.54 Å². The van der Waals surface area contributed by atoms with Crippen LogP contribution >= 0.6 is 0 Å². The summed E-state index contributed by atoms with van der Waals surface area (Å²) in [5.41, 5.74) is 0.569. The summed E-state index contributed by atoms with van der Waals surface area (Å²) in [6.07, 6.45) is 0. The first-order chi connectivity index (χ1) is 9.67. The molecule has 108 valence electrons. The highest BCUT2D eigenvalue weighted by molar-refractivity contribution is 5.67. The number of likely N-dealkylation sites (N-methyl/N-ethyl adjacent to an activating group) is 1. The van der Waals surface area contributed by atoms with E-state index in [1.54, 1.807) is 24.3 Å². The van der Waals surface area contributed by atoms with Gasteiger partial charge < -0.3 is 15.3 Å². The molecule has 0 aliphatic rings. The monoisotopic (exact) mass is 277 g/mol. The molecule has 2 aromatic rings. The molecule has 0 fully saturated rings. The molecule has 0 unspecified atom stereocenters. The van der Waals surface area contributed by atoms with Crippen LogP contribution in [-0.4, -0.2) is 36.2 Å². The van der Waals surface area contributed by atoms with Gasteiger partial charge in [0.1, 0.15) is 0 Å². The first-order valence-electron chi connectivity index (χ1n) is 6.75. The standard InChI is InChI=1S/C13H19N5O2/c1-3-16(4-2)10-9-14-13-15-18(20)12-8-6-5-7-11(12)17(13)19/h5-8H,3-4,9-10H2,1-2H3,(H,14,15). The van der Waals surface area contributed by atoms with Crippen molar-refractivity contribution in [2.24, 2.45) is 0 Å². The number of para-hydroxylation sites is 2. The SMILES string of the molecule is CCN(CC)CCNc1n[n+]([O-])c2ccccc2[n+]1[O-]. The second kappa shape index (κ2) is 6.33. The van der Waals surface area contributed by atoms with Gasteiger partial charge in [-0.3, -0.25) is 5.32 Å². The van der Waals surface area contributed by atoms with Gasteiger partial charge in [-0.2, -0.15) is 0 Å². The van der Waals surface area contributed by atoms with Crippen molar-refractivity contribution >= 4 is 17.0 Å². The number of rotatable bonds is 6. The molecular formula is C13H19N5O2. The van der Waals surface area contributed by atoms with Crippen molar-refractivity contribution in [2.75, 3.05) is 31.5 Å². The van der Waals surface area contributed by atoms with Crippen molar-refractivity contribution in [1.82, 2.24) is 10.00 Å². The molecule has 2 rings (SSSR count). The van der Waals surface area contributed by atoms with E-state index < -0.39 is 0 Å². The van der Waals surface area contributed by atoms with Crippen LogP contribution in [-0.2, 0) is 0 Å². The van der Waals surface area contributed by atoms with Crippen LogP contribution in [0.25, 0.3) is 11.0 Å². The van der Waals surface area contributed by atoms with Crippen LogP contribution in [0.15, 0.2) is 24.3 Å². The van der Waals surface area contributed by atoms with E-state index in [4.69, 9.17) is 0 Å². The molecule has 0 amide bonds. The lowest BCUT2D eigenvalue weighted by Crippen LogP contribution is -2.44. The lowest BCUT2D eigenvalue weighted by Gasteiger charge is -2.17. The van der Waals surface area contributed by atoms with Crippen LogP contribution in [0, 0.1) is 10.4 Å². The fourth-order valence-corrected chi connectivity index (χ4v) is 2.07. The van der Waals surface area contributed by atoms with Crippen molar-refractivity contribution in [3.63, 3.8) is 0 Å². The van der Waals surface area contributed by atoms with Crippen molar-refractivity contribution < 1.29 is 9.58 Å². The molecule has 0 radical (unpaired) electrons. The second-order valence-corrected chi connectivity index (χ2v) is 4.43. The number of anilines is 1. The highest BCUT2D eigenvalue weighted by atomic mass is 16.5. The average Bonchev–Trinajstić information content (AvgIpc) is 2.48.